The lowest BCUT2D eigenvalue weighted by molar-refractivity contribution is -0.291. The number of carbonyl (C=O) groups excluding carboxylic acids is 2. The maximum Gasteiger partial charge on any atom is 0.459 e. The standard InChI is InChI=1S/C27H18F6N6O3/c1-42-25(41)19-5-3-2-4-16(19)13-38-14-18(12-34-38)35-24(40)21-11-23-36-20(15-6-8-17(28)9-7-15)10-22(39(23)37-21)26(29,30)27(31,32)33/h2-12,14H,13H2,1H3,(H,35,40). The number of fused-ring (bicyclic) bond motifs is 1. The summed E-state index contributed by atoms with van der Waals surface area (Å²) >= 11 is 0. The Morgan fingerprint density at radius 1 is 1.00 bits per heavy atom. The molecule has 0 aliphatic carbocycles. The molecule has 3 heterocycles. The summed E-state index contributed by atoms with van der Waals surface area (Å²) in [4.78, 5) is 29.0. The van der Waals surface area contributed by atoms with Gasteiger partial charge in [0.1, 0.15) is 11.5 Å². The lowest BCUT2D eigenvalue weighted by atomic mass is 10.1. The number of esters is 1. The van der Waals surface area contributed by atoms with E-state index in [1.54, 1.807) is 24.3 Å². The molecular weight excluding hydrogens is 570 g/mol. The van der Waals surface area contributed by atoms with E-state index in [-0.39, 0.29) is 28.0 Å². The average Bonchev–Trinajstić information content (AvgIpc) is 3.59. The Kier molecular flexibility index (Phi) is 7.18. The monoisotopic (exact) mass is 588 g/mol. The molecule has 0 radical (unpaired) electrons. The van der Waals surface area contributed by atoms with Gasteiger partial charge in [0.2, 0.25) is 0 Å². The van der Waals surface area contributed by atoms with Crippen LogP contribution in [0.3, 0.4) is 0 Å². The molecule has 2 aromatic carbocycles. The predicted octanol–water partition coefficient (Wildman–Crippen LogP) is 5.47. The molecular formula is C27H18F6N6O3. The van der Waals surface area contributed by atoms with Gasteiger partial charge >= 0.3 is 18.1 Å². The smallest absolute Gasteiger partial charge is 0.459 e. The number of hydrogen-bond acceptors (Lipinski definition) is 6. The van der Waals surface area contributed by atoms with Crippen molar-refractivity contribution in [1.82, 2.24) is 24.4 Å². The Morgan fingerprint density at radius 2 is 1.71 bits per heavy atom. The molecule has 0 atom stereocenters. The molecule has 0 aliphatic rings. The maximum absolute atomic E-state index is 14.6. The van der Waals surface area contributed by atoms with Gasteiger partial charge in [-0.1, -0.05) is 18.2 Å². The number of alkyl halides is 5. The summed E-state index contributed by atoms with van der Waals surface area (Å²) in [6.07, 6.45) is -3.31. The van der Waals surface area contributed by atoms with Gasteiger partial charge in [-0.3, -0.25) is 9.48 Å². The first-order valence-corrected chi connectivity index (χ1v) is 12.0. The SMILES string of the molecule is COC(=O)c1ccccc1Cn1cc(NC(=O)c2cc3nc(-c4ccc(F)cc4)cc(C(F)(F)C(F)(F)F)n3n2)cn1. The molecule has 15 heteroatoms. The third-order valence-electron chi connectivity index (χ3n) is 6.12. The van der Waals surface area contributed by atoms with Gasteiger partial charge < -0.3 is 10.1 Å². The first-order chi connectivity index (χ1) is 19.9. The van der Waals surface area contributed by atoms with Gasteiger partial charge in [0, 0.05) is 17.8 Å². The first-order valence-electron chi connectivity index (χ1n) is 12.0. The predicted molar refractivity (Wildman–Crippen MR) is 135 cm³/mol. The quantitative estimate of drug-likeness (QED) is 0.200. The lowest BCUT2D eigenvalue weighted by Gasteiger charge is -2.21. The third kappa shape index (κ3) is 5.40. The fourth-order valence-corrected chi connectivity index (χ4v) is 4.07. The van der Waals surface area contributed by atoms with Crippen molar-refractivity contribution in [3.8, 4) is 11.3 Å². The van der Waals surface area contributed by atoms with Crippen LogP contribution in [0.25, 0.3) is 16.9 Å². The summed E-state index contributed by atoms with van der Waals surface area (Å²) in [5, 5.41) is 10.2. The zero-order valence-electron chi connectivity index (χ0n) is 21.4. The molecule has 0 fully saturated rings. The minimum Gasteiger partial charge on any atom is -0.465 e. The van der Waals surface area contributed by atoms with Crippen LogP contribution in [-0.4, -0.2) is 49.5 Å². The Labute approximate surface area is 232 Å². The Balaban J connectivity index is 1.46. The molecule has 1 amide bonds. The Bertz CT molecular complexity index is 1800. The summed E-state index contributed by atoms with van der Waals surface area (Å²) in [5.74, 6) is -7.52. The molecule has 0 bridgehead atoms. The van der Waals surface area contributed by atoms with Crippen LogP contribution in [0.4, 0.5) is 32.0 Å². The summed E-state index contributed by atoms with van der Waals surface area (Å²) in [6.45, 7) is 0.126. The number of ether oxygens (including phenoxy) is 1. The van der Waals surface area contributed by atoms with Crippen LogP contribution in [0.2, 0.25) is 0 Å². The molecule has 0 saturated heterocycles. The van der Waals surface area contributed by atoms with E-state index in [2.05, 4.69) is 20.5 Å². The molecule has 42 heavy (non-hydrogen) atoms. The largest absolute Gasteiger partial charge is 0.465 e. The van der Waals surface area contributed by atoms with Crippen LogP contribution in [0.15, 0.2) is 73.1 Å². The number of hydrogen-bond donors (Lipinski definition) is 1. The van der Waals surface area contributed by atoms with Crippen molar-refractivity contribution in [1.29, 1.82) is 0 Å². The minimum absolute atomic E-state index is 0.0616. The van der Waals surface area contributed by atoms with Crippen molar-refractivity contribution in [2.75, 3.05) is 12.4 Å². The van der Waals surface area contributed by atoms with E-state index >= 15 is 0 Å². The minimum atomic E-state index is -5.99. The number of amides is 1. The zero-order chi connectivity index (χ0) is 30.2. The number of methoxy groups -OCH3 is 1. The highest BCUT2D eigenvalue weighted by Crippen LogP contribution is 2.44. The normalized spacial score (nSPS) is 12.0. The van der Waals surface area contributed by atoms with E-state index in [4.69, 9.17) is 4.74 Å². The molecule has 0 unspecified atom stereocenters. The number of anilines is 1. The van der Waals surface area contributed by atoms with Crippen molar-refractivity contribution in [3.05, 3.63) is 101 Å². The lowest BCUT2D eigenvalue weighted by Crippen LogP contribution is -2.36. The number of carbonyl (C=O) groups is 2. The van der Waals surface area contributed by atoms with E-state index in [1.807, 2.05) is 0 Å². The molecule has 0 saturated carbocycles. The van der Waals surface area contributed by atoms with Crippen molar-refractivity contribution in [2.24, 2.45) is 0 Å². The van der Waals surface area contributed by atoms with Gasteiger partial charge in [0.25, 0.3) is 5.91 Å². The number of nitrogens with zero attached hydrogens (tertiary/aromatic N) is 5. The highest BCUT2D eigenvalue weighted by atomic mass is 19.4. The fourth-order valence-electron chi connectivity index (χ4n) is 4.07. The highest BCUT2D eigenvalue weighted by molar-refractivity contribution is 6.03. The molecule has 0 aliphatic heterocycles. The van der Waals surface area contributed by atoms with Crippen LogP contribution in [0, 0.1) is 5.82 Å². The van der Waals surface area contributed by atoms with E-state index in [0.29, 0.717) is 17.2 Å². The fraction of sp³-hybridized carbons (Fsp3) is 0.148. The molecule has 216 valence electrons. The summed E-state index contributed by atoms with van der Waals surface area (Å²) in [5.41, 5.74) is -1.80. The molecule has 5 aromatic rings. The van der Waals surface area contributed by atoms with Crippen molar-refractivity contribution < 1.29 is 40.7 Å². The number of nitrogens with one attached hydrogen (secondary N) is 1. The van der Waals surface area contributed by atoms with Gasteiger partial charge in [0.05, 0.1) is 36.8 Å². The summed E-state index contributed by atoms with van der Waals surface area (Å²) < 4.78 is 89.0. The Hall–Kier alpha value is -5.21. The van der Waals surface area contributed by atoms with Gasteiger partial charge in [-0.2, -0.15) is 32.1 Å². The van der Waals surface area contributed by atoms with Crippen molar-refractivity contribution >= 4 is 23.2 Å². The number of rotatable bonds is 7. The highest BCUT2D eigenvalue weighted by Gasteiger charge is 2.60. The summed E-state index contributed by atoms with van der Waals surface area (Å²) in [6, 6.07) is 12.4. The summed E-state index contributed by atoms with van der Waals surface area (Å²) in [7, 11) is 1.24. The second kappa shape index (κ2) is 10.6. The third-order valence-corrected chi connectivity index (χ3v) is 6.12. The van der Waals surface area contributed by atoms with Crippen LogP contribution < -0.4 is 5.32 Å². The maximum atomic E-state index is 14.6. The zero-order valence-corrected chi connectivity index (χ0v) is 21.4. The number of aromatic nitrogens is 5. The molecule has 3 aromatic heterocycles. The van der Waals surface area contributed by atoms with Crippen LogP contribution in [0.1, 0.15) is 32.1 Å². The molecule has 1 N–H and O–H groups in total. The van der Waals surface area contributed by atoms with Crippen LogP contribution in [0.5, 0.6) is 0 Å². The van der Waals surface area contributed by atoms with Gasteiger partial charge in [0.15, 0.2) is 11.3 Å². The van der Waals surface area contributed by atoms with Crippen molar-refractivity contribution in [3.63, 3.8) is 0 Å². The topological polar surface area (TPSA) is 103 Å². The van der Waals surface area contributed by atoms with Crippen LogP contribution >= 0.6 is 0 Å². The molecule has 5 rings (SSSR count). The number of halogens is 6. The average molecular weight is 588 g/mol. The molecule has 9 nitrogen and oxygen atoms in total. The van der Waals surface area contributed by atoms with Crippen LogP contribution in [-0.2, 0) is 17.2 Å². The second-order valence-electron chi connectivity index (χ2n) is 8.93. The van der Waals surface area contributed by atoms with Gasteiger partial charge in [-0.05, 0) is 42.0 Å². The number of benzene rings is 2. The Morgan fingerprint density at radius 3 is 2.40 bits per heavy atom. The van der Waals surface area contributed by atoms with E-state index in [0.717, 1.165) is 30.3 Å². The van der Waals surface area contributed by atoms with E-state index in [9.17, 15) is 35.9 Å². The van der Waals surface area contributed by atoms with E-state index < -0.39 is 46.8 Å². The first kappa shape index (κ1) is 28.3. The molecule has 0 spiro atoms. The van der Waals surface area contributed by atoms with Gasteiger partial charge in [-0.15, -0.1) is 0 Å². The van der Waals surface area contributed by atoms with E-state index in [1.165, 1.54) is 24.2 Å². The van der Waals surface area contributed by atoms with Gasteiger partial charge in [-0.25, -0.2) is 18.7 Å². The van der Waals surface area contributed by atoms with Crippen molar-refractivity contribution in [2.45, 2.75) is 18.6 Å². The second-order valence-corrected chi connectivity index (χ2v) is 8.93.